The van der Waals surface area contributed by atoms with Crippen LogP contribution in [0.1, 0.15) is 0 Å². The molecule has 0 saturated heterocycles. The van der Waals surface area contributed by atoms with E-state index in [1.165, 1.54) is 0 Å². The summed E-state index contributed by atoms with van der Waals surface area (Å²) in [4.78, 5) is 9.82. The second-order valence-electron chi connectivity index (χ2n) is 2.41. The molecule has 1 N–H and O–H groups in total. The zero-order chi connectivity index (χ0) is 12.2. The molecule has 0 aliphatic heterocycles. The summed E-state index contributed by atoms with van der Waals surface area (Å²) in [6.07, 6.45) is -19.9. The minimum absolute atomic E-state index is 2.31. The van der Waals surface area contributed by atoms with Crippen LogP contribution in [0.5, 0.6) is 0 Å². The third-order valence-electron chi connectivity index (χ3n) is 1.35. The lowest BCUT2D eigenvalue weighted by atomic mass is 10.1. The molecule has 0 radical (unpaired) electrons. The molecule has 0 aromatic heterocycles. The van der Waals surface area contributed by atoms with Crippen molar-refractivity contribution >= 4 is 6.16 Å². The molecule has 0 fully saturated rings. The molecule has 0 spiro atoms. The topological polar surface area (TPSA) is 46.5 Å². The van der Waals surface area contributed by atoms with Crippen LogP contribution in [0.25, 0.3) is 0 Å². The zero-order valence-corrected chi connectivity index (χ0v) is 6.92. The monoisotopic (exact) mass is 240 g/mol. The first-order valence-electron chi connectivity index (χ1n) is 3.51. The van der Waals surface area contributed by atoms with Crippen molar-refractivity contribution in [3.8, 4) is 0 Å². The lowest BCUT2D eigenvalue weighted by Gasteiger charge is -2.22. The van der Waals surface area contributed by atoms with Crippen molar-refractivity contribution in [2.45, 2.75) is 31.3 Å². The van der Waals surface area contributed by atoms with Crippen LogP contribution in [0.3, 0.4) is 0 Å². The Morgan fingerprint density at radius 1 is 0.933 bits per heavy atom. The quantitative estimate of drug-likeness (QED) is 0.592. The number of alkyl halides is 6. The van der Waals surface area contributed by atoms with Gasteiger partial charge in [0.15, 0.2) is 6.10 Å². The van der Waals surface area contributed by atoms with Gasteiger partial charge in [-0.1, -0.05) is 0 Å². The lowest BCUT2D eigenvalue weighted by Crippen LogP contribution is -2.43. The number of halogens is 6. The van der Waals surface area contributed by atoms with Crippen LogP contribution < -0.4 is 0 Å². The Labute approximate surface area is 79.6 Å². The Bertz CT molecular complexity index is 197. The molecule has 3 nitrogen and oxygen atoms in total. The highest BCUT2D eigenvalue weighted by Crippen LogP contribution is 2.22. The summed E-state index contributed by atoms with van der Waals surface area (Å²) in [7, 11) is 0. The minimum Gasteiger partial charge on any atom is -0.450 e. The highest BCUT2D eigenvalue weighted by atomic mass is 19.3. The Kier molecular flexibility index (Phi) is 5.23. The van der Waals surface area contributed by atoms with Crippen LogP contribution in [0.15, 0.2) is 0 Å². The molecule has 0 amide bonds. The predicted molar refractivity (Wildman–Crippen MR) is 34.7 cm³/mol. The number of carboxylic acid groups (broad SMARTS) is 1. The van der Waals surface area contributed by atoms with Crippen molar-refractivity contribution in [2.24, 2.45) is 0 Å². The second-order valence-corrected chi connectivity index (χ2v) is 2.41. The molecular weight excluding hydrogens is 234 g/mol. The molecule has 0 aromatic carbocycles. The highest BCUT2D eigenvalue weighted by Gasteiger charge is 2.43. The standard InChI is InChI=1S/C6H6F6O3/c7-1(4(9)10)3(15-6(13)14)2(8)5(11)12/h1-5H,(H,13,14). The summed E-state index contributed by atoms with van der Waals surface area (Å²) in [5.74, 6) is 0. The van der Waals surface area contributed by atoms with Crippen LogP contribution in [0.4, 0.5) is 31.1 Å². The van der Waals surface area contributed by atoms with E-state index in [2.05, 4.69) is 4.74 Å². The van der Waals surface area contributed by atoms with E-state index in [0.717, 1.165) is 0 Å². The average Bonchev–Trinajstić information content (AvgIpc) is 2.11. The summed E-state index contributed by atoms with van der Waals surface area (Å²) in [5.41, 5.74) is 0. The fourth-order valence-electron chi connectivity index (χ4n) is 0.709. The molecule has 9 heteroatoms. The lowest BCUT2D eigenvalue weighted by molar-refractivity contribution is -0.108. The summed E-state index contributed by atoms with van der Waals surface area (Å²) in [6.45, 7) is 0. The first kappa shape index (κ1) is 13.8. The summed E-state index contributed by atoms with van der Waals surface area (Å²) < 4.78 is 75.0. The number of ether oxygens (including phenoxy) is 1. The van der Waals surface area contributed by atoms with Crippen molar-refractivity contribution in [2.75, 3.05) is 0 Å². The van der Waals surface area contributed by atoms with Crippen molar-refractivity contribution in [3.05, 3.63) is 0 Å². The molecule has 2 atom stereocenters. The van der Waals surface area contributed by atoms with Gasteiger partial charge in [-0.25, -0.2) is 31.1 Å². The minimum atomic E-state index is -3.81. The van der Waals surface area contributed by atoms with E-state index in [1.54, 1.807) is 0 Å². The van der Waals surface area contributed by atoms with Crippen LogP contribution in [-0.4, -0.2) is 42.6 Å². The van der Waals surface area contributed by atoms with Crippen LogP contribution in [-0.2, 0) is 4.74 Å². The van der Waals surface area contributed by atoms with E-state index >= 15 is 0 Å². The first-order chi connectivity index (χ1) is 6.77. The van der Waals surface area contributed by atoms with E-state index in [-0.39, 0.29) is 0 Å². The molecule has 0 heterocycles. The Balaban J connectivity index is 4.63. The van der Waals surface area contributed by atoms with Gasteiger partial charge < -0.3 is 9.84 Å². The van der Waals surface area contributed by atoms with Gasteiger partial charge in [0, 0.05) is 0 Å². The maximum atomic E-state index is 12.4. The van der Waals surface area contributed by atoms with Gasteiger partial charge in [0.05, 0.1) is 0 Å². The van der Waals surface area contributed by atoms with Crippen LogP contribution in [0, 0.1) is 0 Å². The fourth-order valence-corrected chi connectivity index (χ4v) is 0.709. The zero-order valence-electron chi connectivity index (χ0n) is 6.92. The Hall–Kier alpha value is -1.15. The van der Waals surface area contributed by atoms with Gasteiger partial charge in [-0.2, -0.15) is 0 Å². The van der Waals surface area contributed by atoms with Gasteiger partial charge in [0.25, 0.3) is 12.9 Å². The van der Waals surface area contributed by atoms with Crippen LogP contribution >= 0.6 is 0 Å². The van der Waals surface area contributed by atoms with Gasteiger partial charge in [-0.15, -0.1) is 0 Å². The number of hydrogen-bond acceptors (Lipinski definition) is 2. The number of rotatable bonds is 5. The number of carbonyl (C=O) groups is 1. The third-order valence-corrected chi connectivity index (χ3v) is 1.35. The summed E-state index contributed by atoms with van der Waals surface area (Å²) in [6, 6.07) is 0. The number of hydrogen-bond donors (Lipinski definition) is 1. The molecule has 15 heavy (non-hydrogen) atoms. The molecule has 0 rings (SSSR count). The maximum absolute atomic E-state index is 12.4. The SMILES string of the molecule is O=C(O)OC(C(F)C(F)F)C(F)C(F)F. The molecule has 0 aliphatic carbocycles. The van der Waals surface area contributed by atoms with Crippen molar-refractivity contribution in [1.29, 1.82) is 0 Å². The fraction of sp³-hybridized carbons (Fsp3) is 0.833. The predicted octanol–water partition coefficient (Wildman–Crippen LogP) is 2.26. The van der Waals surface area contributed by atoms with E-state index < -0.39 is 37.5 Å². The van der Waals surface area contributed by atoms with E-state index in [4.69, 9.17) is 5.11 Å². The van der Waals surface area contributed by atoms with E-state index in [0.29, 0.717) is 0 Å². The van der Waals surface area contributed by atoms with E-state index in [9.17, 15) is 31.1 Å². The van der Waals surface area contributed by atoms with Gasteiger partial charge in [0.1, 0.15) is 0 Å². The maximum Gasteiger partial charge on any atom is 0.506 e. The third kappa shape index (κ3) is 4.26. The Morgan fingerprint density at radius 2 is 1.27 bits per heavy atom. The molecule has 0 bridgehead atoms. The van der Waals surface area contributed by atoms with E-state index in [1.807, 2.05) is 0 Å². The molecule has 90 valence electrons. The van der Waals surface area contributed by atoms with Crippen molar-refractivity contribution < 1.29 is 41.0 Å². The molecule has 2 unspecified atom stereocenters. The van der Waals surface area contributed by atoms with Gasteiger partial charge in [-0.3, -0.25) is 0 Å². The highest BCUT2D eigenvalue weighted by molar-refractivity contribution is 5.57. The Morgan fingerprint density at radius 3 is 1.47 bits per heavy atom. The molecule has 0 saturated carbocycles. The van der Waals surface area contributed by atoms with Gasteiger partial charge >= 0.3 is 6.16 Å². The average molecular weight is 240 g/mol. The molecule has 0 aromatic rings. The summed E-state index contributed by atoms with van der Waals surface area (Å²) in [5, 5.41) is 7.90. The smallest absolute Gasteiger partial charge is 0.450 e. The van der Waals surface area contributed by atoms with Crippen LogP contribution in [0.2, 0.25) is 0 Å². The largest absolute Gasteiger partial charge is 0.506 e. The van der Waals surface area contributed by atoms with Crippen molar-refractivity contribution in [1.82, 2.24) is 0 Å². The summed E-state index contributed by atoms with van der Waals surface area (Å²) >= 11 is 0. The van der Waals surface area contributed by atoms with Gasteiger partial charge in [-0.05, 0) is 0 Å². The normalized spacial score (nSPS) is 17.6. The van der Waals surface area contributed by atoms with Crippen molar-refractivity contribution in [3.63, 3.8) is 0 Å². The second kappa shape index (κ2) is 5.66. The van der Waals surface area contributed by atoms with Gasteiger partial charge in [0.2, 0.25) is 12.3 Å². The molecule has 0 aliphatic rings. The molecular formula is C6H6F6O3. The first-order valence-corrected chi connectivity index (χ1v) is 3.51.